The third-order valence-corrected chi connectivity index (χ3v) is 5.94. The maximum Gasteiger partial charge on any atom is 0.164 e. The van der Waals surface area contributed by atoms with Gasteiger partial charge in [-0.2, -0.15) is 0 Å². The van der Waals surface area contributed by atoms with E-state index in [1.54, 1.807) is 18.5 Å². The van der Waals surface area contributed by atoms with Crippen LogP contribution in [0.4, 0.5) is 11.6 Å². The molecule has 0 saturated heterocycles. The number of aromatic nitrogens is 2. The van der Waals surface area contributed by atoms with E-state index in [-0.39, 0.29) is 5.78 Å². The molecule has 6 nitrogen and oxygen atoms in total. The number of ketones is 1. The van der Waals surface area contributed by atoms with Gasteiger partial charge in [0.1, 0.15) is 11.6 Å². The van der Waals surface area contributed by atoms with Gasteiger partial charge in [-0.15, -0.1) is 0 Å². The summed E-state index contributed by atoms with van der Waals surface area (Å²) in [7, 11) is 0. The van der Waals surface area contributed by atoms with Crippen LogP contribution >= 0.6 is 11.6 Å². The van der Waals surface area contributed by atoms with Crippen molar-refractivity contribution in [2.24, 2.45) is 0 Å². The van der Waals surface area contributed by atoms with Crippen LogP contribution in [0.3, 0.4) is 0 Å². The highest BCUT2D eigenvalue weighted by molar-refractivity contribution is 6.33. The molecular formula is C25H32ClN5O. The van der Waals surface area contributed by atoms with Crippen molar-refractivity contribution >= 4 is 39.8 Å². The fourth-order valence-corrected chi connectivity index (χ4v) is 4.18. The number of hydrogen-bond acceptors (Lipinski definition) is 6. The molecule has 1 aromatic carbocycles. The number of rotatable bonds is 10. The van der Waals surface area contributed by atoms with Gasteiger partial charge in [0, 0.05) is 54.9 Å². The number of nitrogens with zero attached hydrogens (tertiary/aromatic N) is 3. The molecule has 2 heterocycles. The number of fused-ring (bicyclic) bond motifs is 1. The first-order valence-corrected chi connectivity index (χ1v) is 11.5. The molecule has 0 radical (unpaired) electrons. The first-order valence-electron chi connectivity index (χ1n) is 11.1. The van der Waals surface area contributed by atoms with E-state index in [1.807, 2.05) is 18.2 Å². The second kappa shape index (κ2) is 10.7. The molecular weight excluding hydrogens is 422 g/mol. The Morgan fingerprint density at radius 1 is 1.12 bits per heavy atom. The zero-order valence-electron chi connectivity index (χ0n) is 19.2. The van der Waals surface area contributed by atoms with Crippen LogP contribution in [0.2, 0.25) is 5.02 Å². The lowest BCUT2D eigenvalue weighted by molar-refractivity contribution is 0.0982. The molecule has 0 amide bonds. The number of nitrogen functional groups attached to an aromatic ring is 1. The molecule has 0 fully saturated rings. The van der Waals surface area contributed by atoms with E-state index in [0.717, 1.165) is 29.4 Å². The van der Waals surface area contributed by atoms with Crippen molar-refractivity contribution in [1.82, 2.24) is 14.9 Å². The summed E-state index contributed by atoms with van der Waals surface area (Å²) in [5.41, 5.74) is 7.52. The molecule has 0 aliphatic heterocycles. The van der Waals surface area contributed by atoms with E-state index >= 15 is 0 Å². The van der Waals surface area contributed by atoms with Crippen molar-refractivity contribution in [3.63, 3.8) is 0 Å². The van der Waals surface area contributed by atoms with E-state index in [9.17, 15) is 4.79 Å². The predicted octanol–water partition coefficient (Wildman–Crippen LogP) is 5.21. The number of Topliss-reactive ketones (excluding diaryl/α,β-unsaturated/α-hetero) is 1. The minimum Gasteiger partial charge on any atom is -0.383 e. The van der Waals surface area contributed by atoms with Gasteiger partial charge in [-0.25, -0.2) is 9.97 Å². The summed E-state index contributed by atoms with van der Waals surface area (Å²) in [5.74, 6) is 1.14. The van der Waals surface area contributed by atoms with Crippen molar-refractivity contribution in [2.75, 3.05) is 24.1 Å². The maximum absolute atomic E-state index is 12.7. The number of halogens is 1. The van der Waals surface area contributed by atoms with Gasteiger partial charge in [0.15, 0.2) is 5.78 Å². The normalized spacial score (nSPS) is 11.6. The molecule has 2 aromatic heterocycles. The summed E-state index contributed by atoms with van der Waals surface area (Å²) in [4.78, 5) is 23.6. The van der Waals surface area contributed by atoms with Crippen LogP contribution in [0.25, 0.3) is 10.8 Å². The van der Waals surface area contributed by atoms with Gasteiger partial charge < -0.3 is 11.1 Å². The van der Waals surface area contributed by atoms with Crippen molar-refractivity contribution < 1.29 is 4.79 Å². The Morgan fingerprint density at radius 3 is 2.56 bits per heavy atom. The van der Waals surface area contributed by atoms with Crippen molar-refractivity contribution in [3.8, 4) is 0 Å². The largest absolute Gasteiger partial charge is 0.383 e. The lowest BCUT2D eigenvalue weighted by Gasteiger charge is -2.30. The average Bonchev–Trinajstić information content (AvgIpc) is 2.75. The number of hydrogen-bond donors (Lipinski definition) is 2. The highest BCUT2D eigenvalue weighted by Gasteiger charge is 2.14. The number of carbonyl (C=O) groups is 1. The number of pyridine rings is 2. The summed E-state index contributed by atoms with van der Waals surface area (Å²) < 4.78 is 0. The molecule has 170 valence electrons. The molecule has 0 bridgehead atoms. The first-order chi connectivity index (χ1) is 15.3. The van der Waals surface area contributed by atoms with Gasteiger partial charge in [0.25, 0.3) is 0 Å². The number of anilines is 2. The van der Waals surface area contributed by atoms with Crippen LogP contribution in [-0.4, -0.2) is 45.8 Å². The van der Waals surface area contributed by atoms with Gasteiger partial charge in [0.2, 0.25) is 0 Å². The first kappa shape index (κ1) is 24.0. The van der Waals surface area contributed by atoms with Gasteiger partial charge in [-0.05, 0) is 57.2 Å². The number of carbonyl (C=O) groups excluding carboxylic acids is 1. The van der Waals surface area contributed by atoms with Gasteiger partial charge in [-0.1, -0.05) is 29.8 Å². The Kier molecular flexibility index (Phi) is 8.04. The Labute approximate surface area is 195 Å². The highest BCUT2D eigenvalue weighted by atomic mass is 35.5. The van der Waals surface area contributed by atoms with Crippen LogP contribution in [0.1, 0.15) is 50.0 Å². The number of benzene rings is 1. The zero-order chi connectivity index (χ0) is 23.3. The highest BCUT2D eigenvalue weighted by Crippen LogP contribution is 2.23. The zero-order valence-corrected chi connectivity index (χ0v) is 20.0. The Bertz CT molecular complexity index is 1080. The summed E-state index contributed by atoms with van der Waals surface area (Å²) in [6.45, 7) is 10.4. The molecule has 0 aliphatic carbocycles. The van der Waals surface area contributed by atoms with E-state index < -0.39 is 0 Å². The van der Waals surface area contributed by atoms with Crippen molar-refractivity contribution in [3.05, 3.63) is 58.9 Å². The summed E-state index contributed by atoms with van der Waals surface area (Å²) in [5, 5.41) is 5.70. The van der Waals surface area contributed by atoms with Crippen molar-refractivity contribution in [1.29, 1.82) is 0 Å². The van der Waals surface area contributed by atoms with Gasteiger partial charge >= 0.3 is 0 Å². The topological polar surface area (TPSA) is 84.1 Å². The van der Waals surface area contributed by atoms with E-state index in [2.05, 4.69) is 53.9 Å². The van der Waals surface area contributed by atoms with Crippen LogP contribution < -0.4 is 11.1 Å². The van der Waals surface area contributed by atoms with E-state index in [0.29, 0.717) is 47.1 Å². The van der Waals surface area contributed by atoms with Gasteiger partial charge in [-0.3, -0.25) is 9.69 Å². The fourth-order valence-electron chi connectivity index (χ4n) is 3.95. The molecule has 0 spiro atoms. The lowest BCUT2D eigenvalue weighted by atomic mass is 10.0. The van der Waals surface area contributed by atoms with E-state index in [1.165, 1.54) is 0 Å². The molecule has 0 aliphatic rings. The standard InChI is InChI=1S/C25H32ClN5O/c1-16(2)31(17(3)4)12-11-29-25-22(26)14-20(15-30-25)23(32)8-6-18-5-7-21-19(13-18)9-10-28-24(21)27/h5,7,9-10,13-17H,6,8,11-12H2,1-4H3,(H2,27,28)(H,29,30). The third kappa shape index (κ3) is 5.96. The minimum absolute atomic E-state index is 0.0195. The summed E-state index contributed by atoms with van der Waals surface area (Å²) in [6.07, 6.45) is 4.31. The molecule has 32 heavy (non-hydrogen) atoms. The second-order valence-electron chi connectivity index (χ2n) is 8.58. The molecule has 7 heteroatoms. The molecule has 0 unspecified atom stereocenters. The maximum atomic E-state index is 12.7. The van der Waals surface area contributed by atoms with E-state index in [4.69, 9.17) is 17.3 Å². The molecule has 3 rings (SSSR count). The summed E-state index contributed by atoms with van der Waals surface area (Å²) in [6, 6.07) is 10.6. The monoisotopic (exact) mass is 453 g/mol. The average molecular weight is 454 g/mol. The van der Waals surface area contributed by atoms with Crippen LogP contribution in [0.5, 0.6) is 0 Å². The van der Waals surface area contributed by atoms with Crippen LogP contribution in [0.15, 0.2) is 42.7 Å². The second-order valence-corrected chi connectivity index (χ2v) is 8.99. The molecule has 3 aromatic rings. The minimum atomic E-state index is 0.0195. The fraction of sp³-hybridized carbons (Fsp3) is 0.400. The molecule has 3 N–H and O–H groups in total. The third-order valence-electron chi connectivity index (χ3n) is 5.65. The Morgan fingerprint density at radius 2 is 1.88 bits per heavy atom. The Hall–Kier alpha value is -2.70. The SMILES string of the molecule is CC(C)N(CCNc1ncc(C(=O)CCc2ccc3c(N)nccc3c2)cc1Cl)C(C)C. The lowest BCUT2D eigenvalue weighted by Crippen LogP contribution is -2.40. The van der Waals surface area contributed by atoms with Gasteiger partial charge in [0.05, 0.1) is 5.02 Å². The van der Waals surface area contributed by atoms with Crippen LogP contribution in [0, 0.1) is 0 Å². The number of aryl methyl sites for hydroxylation is 1. The Balaban J connectivity index is 1.57. The predicted molar refractivity (Wildman–Crippen MR) is 134 cm³/mol. The molecule has 0 saturated carbocycles. The number of nitrogens with one attached hydrogen (secondary N) is 1. The molecule has 0 atom stereocenters. The quantitative estimate of drug-likeness (QED) is 0.410. The summed E-state index contributed by atoms with van der Waals surface area (Å²) >= 11 is 6.40. The smallest absolute Gasteiger partial charge is 0.164 e. The van der Waals surface area contributed by atoms with Crippen LogP contribution in [-0.2, 0) is 6.42 Å². The number of nitrogens with two attached hydrogens (primary N) is 1. The van der Waals surface area contributed by atoms with Crippen molar-refractivity contribution in [2.45, 2.75) is 52.6 Å².